The number of hydrogen-bond acceptors (Lipinski definition) is 5. The van der Waals surface area contributed by atoms with Gasteiger partial charge in [-0.2, -0.15) is 0 Å². The second kappa shape index (κ2) is 11.5. The van der Waals surface area contributed by atoms with E-state index in [2.05, 4.69) is 50.0 Å². The average Bonchev–Trinajstić information content (AvgIpc) is 3.41. The Morgan fingerprint density at radius 3 is 2.32 bits per heavy atom. The molecule has 208 valence electrons. The Hall–Kier alpha value is -2.87. The van der Waals surface area contributed by atoms with Crippen molar-refractivity contribution in [2.45, 2.75) is 77.8 Å². The molecule has 1 aromatic carbocycles. The van der Waals surface area contributed by atoms with Gasteiger partial charge < -0.3 is 15.0 Å². The molecule has 38 heavy (non-hydrogen) atoms. The van der Waals surface area contributed by atoms with Gasteiger partial charge in [0.05, 0.1) is 18.2 Å². The standard InChI is InChI=1S/C30H44N4O4/c1-7-38-28(36)25-24(19-33-16-17-34(20(2)18-33)27(35)22-10-8-9-11-22)32(6)29(37)31-26(25)21-12-14-23(15-13-21)30(3,4)5/h12-15,20,22,26H,7-11,16-19H2,1-6H3,(H,31,37)/t20-,26-/m0/s1. The van der Waals surface area contributed by atoms with Gasteiger partial charge in [-0.1, -0.05) is 57.9 Å². The number of ether oxygens (including phenoxy) is 1. The summed E-state index contributed by atoms with van der Waals surface area (Å²) in [5.74, 6) is 0.0390. The molecule has 8 nitrogen and oxygen atoms in total. The summed E-state index contributed by atoms with van der Waals surface area (Å²) in [5.41, 5.74) is 3.15. The van der Waals surface area contributed by atoms with Crippen molar-refractivity contribution >= 4 is 17.9 Å². The maximum atomic E-state index is 13.3. The summed E-state index contributed by atoms with van der Waals surface area (Å²) in [5, 5.41) is 3.02. The van der Waals surface area contributed by atoms with E-state index in [1.807, 2.05) is 17.0 Å². The van der Waals surface area contributed by atoms with E-state index in [-0.39, 0.29) is 35.9 Å². The molecule has 1 saturated carbocycles. The average molecular weight is 525 g/mol. The largest absolute Gasteiger partial charge is 0.463 e. The lowest BCUT2D eigenvalue weighted by Gasteiger charge is -2.43. The molecule has 8 heteroatoms. The summed E-state index contributed by atoms with van der Waals surface area (Å²) in [4.78, 5) is 45.3. The molecular formula is C30H44N4O4. The van der Waals surface area contributed by atoms with E-state index >= 15 is 0 Å². The molecule has 1 aliphatic carbocycles. The molecule has 2 fully saturated rings. The molecule has 2 heterocycles. The van der Waals surface area contributed by atoms with Crippen molar-refractivity contribution in [3.63, 3.8) is 0 Å². The van der Waals surface area contributed by atoms with Gasteiger partial charge >= 0.3 is 12.0 Å². The molecule has 1 aromatic rings. The highest BCUT2D eigenvalue weighted by Gasteiger charge is 2.39. The van der Waals surface area contributed by atoms with Crippen LogP contribution in [0, 0.1) is 5.92 Å². The number of benzene rings is 1. The molecule has 0 aromatic heterocycles. The number of carbonyl (C=O) groups is 3. The van der Waals surface area contributed by atoms with Crippen molar-refractivity contribution < 1.29 is 19.1 Å². The van der Waals surface area contributed by atoms with E-state index in [1.165, 1.54) is 10.5 Å². The zero-order valence-corrected chi connectivity index (χ0v) is 23.9. The van der Waals surface area contributed by atoms with Crippen molar-refractivity contribution in [2.24, 2.45) is 5.92 Å². The van der Waals surface area contributed by atoms with E-state index in [0.29, 0.717) is 37.4 Å². The van der Waals surface area contributed by atoms with E-state index < -0.39 is 12.0 Å². The fourth-order valence-corrected chi connectivity index (χ4v) is 5.95. The Morgan fingerprint density at radius 2 is 1.74 bits per heavy atom. The number of rotatable bonds is 6. The molecule has 2 atom stereocenters. The van der Waals surface area contributed by atoms with Crippen LogP contribution in [0.4, 0.5) is 4.79 Å². The van der Waals surface area contributed by atoms with Crippen molar-refractivity contribution in [3.8, 4) is 0 Å². The molecule has 0 radical (unpaired) electrons. The van der Waals surface area contributed by atoms with Crippen LogP contribution >= 0.6 is 0 Å². The Bertz CT molecular complexity index is 1070. The van der Waals surface area contributed by atoms with E-state index in [9.17, 15) is 14.4 Å². The van der Waals surface area contributed by atoms with Gasteiger partial charge in [0.2, 0.25) is 5.91 Å². The first kappa shape index (κ1) is 28.1. The van der Waals surface area contributed by atoms with Gasteiger partial charge in [-0.25, -0.2) is 9.59 Å². The third kappa shape index (κ3) is 5.90. The van der Waals surface area contributed by atoms with Crippen LogP contribution in [-0.2, 0) is 19.7 Å². The van der Waals surface area contributed by atoms with Crippen LogP contribution < -0.4 is 5.32 Å². The van der Waals surface area contributed by atoms with E-state index in [0.717, 1.165) is 31.2 Å². The van der Waals surface area contributed by atoms with Gasteiger partial charge in [-0.3, -0.25) is 14.6 Å². The molecule has 0 bridgehead atoms. The smallest absolute Gasteiger partial charge is 0.338 e. The second-order valence-electron chi connectivity index (χ2n) is 12.0. The first-order chi connectivity index (χ1) is 18.0. The van der Waals surface area contributed by atoms with E-state index in [1.54, 1.807) is 14.0 Å². The topological polar surface area (TPSA) is 82.2 Å². The minimum Gasteiger partial charge on any atom is -0.463 e. The fraction of sp³-hybridized carbons (Fsp3) is 0.633. The Kier molecular flexibility index (Phi) is 8.50. The van der Waals surface area contributed by atoms with Gasteiger partial charge in [0, 0.05) is 50.9 Å². The lowest BCUT2D eigenvalue weighted by molar-refractivity contribution is -0.140. The molecule has 1 saturated heterocycles. The van der Waals surface area contributed by atoms with Crippen LogP contribution in [0.5, 0.6) is 0 Å². The van der Waals surface area contributed by atoms with Crippen LogP contribution in [0.1, 0.15) is 77.5 Å². The van der Waals surface area contributed by atoms with E-state index in [4.69, 9.17) is 4.74 Å². The zero-order chi connectivity index (χ0) is 27.6. The van der Waals surface area contributed by atoms with Crippen LogP contribution in [0.3, 0.4) is 0 Å². The SMILES string of the molecule is CCOC(=O)C1=C(CN2CCN(C(=O)C3CCCC3)[C@@H](C)C2)N(C)C(=O)N[C@H]1c1ccc(C(C)(C)C)cc1. The van der Waals surface area contributed by atoms with Gasteiger partial charge in [0.15, 0.2) is 0 Å². The number of piperazine rings is 1. The third-order valence-electron chi connectivity index (χ3n) is 8.25. The van der Waals surface area contributed by atoms with Gasteiger partial charge in [-0.15, -0.1) is 0 Å². The molecular weight excluding hydrogens is 480 g/mol. The van der Waals surface area contributed by atoms with Gasteiger partial charge in [0.1, 0.15) is 0 Å². The van der Waals surface area contributed by atoms with Crippen LogP contribution in [0.25, 0.3) is 0 Å². The molecule has 0 spiro atoms. The quantitative estimate of drug-likeness (QED) is 0.564. The Morgan fingerprint density at radius 1 is 1.08 bits per heavy atom. The number of hydrogen-bond donors (Lipinski definition) is 1. The monoisotopic (exact) mass is 524 g/mol. The highest BCUT2D eigenvalue weighted by molar-refractivity contribution is 5.95. The van der Waals surface area contributed by atoms with Crippen molar-refractivity contribution in [1.82, 2.24) is 20.0 Å². The molecule has 1 N–H and O–H groups in total. The van der Waals surface area contributed by atoms with Gasteiger partial charge in [-0.05, 0) is 43.2 Å². The summed E-state index contributed by atoms with van der Waals surface area (Å²) in [6.07, 6.45) is 4.28. The number of likely N-dealkylation sites (N-methyl/N-ethyl adjacent to an activating group) is 1. The molecule has 3 aliphatic rings. The number of carbonyl (C=O) groups excluding carboxylic acids is 3. The van der Waals surface area contributed by atoms with Crippen LogP contribution in [-0.4, -0.2) is 78.5 Å². The minimum atomic E-state index is -0.593. The molecule has 2 aliphatic heterocycles. The summed E-state index contributed by atoms with van der Waals surface area (Å²) >= 11 is 0. The number of esters is 1. The molecule has 0 unspecified atom stereocenters. The summed E-state index contributed by atoms with van der Waals surface area (Å²) < 4.78 is 5.49. The van der Waals surface area contributed by atoms with Crippen LogP contribution in [0.2, 0.25) is 0 Å². The summed E-state index contributed by atoms with van der Waals surface area (Å²) in [7, 11) is 1.70. The second-order valence-corrected chi connectivity index (χ2v) is 12.0. The zero-order valence-electron chi connectivity index (χ0n) is 23.9. The first-order valence-electron chi connectivity index (χ1n) is 14.1. The first-order valence-corrected chi connectivity index (χ1v) is 14.1. The Balaban J connectivity index is 1.60. The maximum Gasteiger partial charge on any atom is 0.338 e. The molecule has 4 rings (SSSR count). The normalized spacial score (nSPS) is 23.6. The molecule has 3 amide bonds. The highest BCUT2D eigenvalue weighted by atomic mass is 16.5. The van der Waals surface area contributed by atoms with Gasteiger partial charge in [0.25, 0.3) is 0 Å². The highest BCUT2D eigenvalue weighted by Crippen LogP contribution is 2.34. The number of nitrogens with one attached hydrogen (secondary N) is 1. The predicted octanol–water partition coefficient (Wildman–Crippen LogP) is 4.22. The number of urea groups is 1. The Labute approximate surface area is 227 Å². The third-order valence-corrected chi connectivity index (χ3v) is 8.25. The van der Waals surface area contributed by atoms with Crippen molar-refractivity contribution in [2.75, 3.05) is 39.8 Å². The minimum absolute atomic E-state index is 0.00246. The van der Waals surface area contributed by atoms with Crippen LogP contribution in [0.15, 0.2) is 35.5 Å². The summed E-state index contributed by atoms with van der Waals surface area (Å²) in [6.45, 7) is 13.1. The fourth-order valence-electron chi connectivity index (χ4n) is 5.95. The lowest BCUT2D eigenvalue weighted by atomic mass is 9.85. The van der Waals surface area contributed by atoms with Crippen molar-refractivity contribution in [1.29, 1.82) is 0 Å². The summed E-state index contributed by atoms with van der Waals surface area (Å²) in [6, 6.07) is 7.33. The number of amides is 3. The predicted molar refractivity (Wildman–Crippen MR) is 147 cm³/mol. The number of nitrogens with zero attached hydrogens (tertiary/aromatic N) is 3. The lowest BCUT2D eigenvalue weighted by Crippen LogP contribution is -2.57. The van der Waals surface area contributed by atoms with Crippen molar-refractivity contribution in [3.05, 3.63) is 46.7 Å². The maximum absolute atomic E-state index is 13.3.